The lowest BCUT2D eigenvalue weighted by atomic mass is 10.1. The Labute approximate surface area is 148 Å². The maximum absolute atomic E-state index is 12.1. The first-order valence-electron chi connectivity index (χ1n) is 8.63. The first kappa shape index (κ1) is 17.1. The Morgan fingerprint density at radius 1 is 1.20 bits per heavy atom. The smallest absolute Gasteiger partial charge is 0.220 e. The molecular formula is C20H24N2O3. The van der Waals surface area contributed by atoms with Crippen molar-refractivity contribution in [3.63, 3.8) is 0 Å². The highest BCUT2D eigenvalue weighted by Crippen LogP contribution is 2.30. The minimum absolute atomic E-state index is 0.0625. The van der Waals surface area contributed by atoms with Gasteiger partial charge in [-0.3, -0.25) is 4.79 Å². The first-order valence-corrected chi connectivity index (χ1v) is 8.63. The average Bonchev–Trinajstić information content (AvgIpc) is 2.67. The lowest BCUT2D eigenvalue weighted by Crippen LogP contribution is -2.39. The van der Waals surface area contributed by atoms with Crippen LogP contribution in [0.15, 0.2) is 48.5 Å². The summed E-state index contributed by atoms with van der Waals surface area (Å²) < 4.78 is 11.0. The molecule has 0 saturated heterocycles. The van der Waals surface area contributed by atoms with E-state index in [1.165, 1.54) is 0 Å². The number of anilines is 1. The molecular weight excluding hydrogens is 316 g/mol. The van der Waals surface area contributed by atoms with Crippen molar-refractivity contribution in [2.45, 2.75) is 12.8 Å². The summed E-state index contributed by atoms with van der Waals surface area (Å²) in [5.41, 5.74) is 2.15. The van der Waals surface area contributed by atoms with Gasteiger partial charge in [-0.05, 0) is 30.2 Å². The van der Waals surface area contributed by atoms with Crippen LogP contribution in [0.4, 0.5) is 5.69 Å². The van der Waals surface area contributed by atoms with Gasteiger partial charge in [0.1, 0.15) is 18.1 Å². The van der Waals surface area contributed by atoms with Gasteiger partial charge in [-0.25, -0.2) is 0 Å². The SMILES string of the molecule is COc1ccccc1CCC(=O)NCCN1CCOc2ccccc21. The van der Waals surface area contributed by atoms with Crippen LogP contribution in [-0.4, -0.2) is 39.3 Å². The normalized spacial score (nSPS) is 12.9. The molecule has 25 heavy (non-hydrogen) atoms. The van der Waals surface area contributed by atoms with E-state index in [1.54, 1.807) is 7.11 Å². The number of para-hydroxylation sites is 3. The van der Waals surface area contributed by atoms with Gasteiger partial charge < -0.3 is 19.7 Å². The van der Waals surface area contributed by atoms with E-state index in [0.29, 0.717) is 26.0 Å². The molecule has 0 spiro atoms. The number of fused-ring (bicyclic) bond motifs is 1. The molecule has 1 aliphatic heterocycles. The highest BCUT2D eigenvalue weighted by molar-refractivity contribution is 5.76. The van der Waals surface area contributed by atoms with Crippen molar-refractivity contribution in [3.05, 3.63) is 54.1 Å². The minimum Gasteiger partial charge on any atom is -0.496 e. The summed E-state index contributed by atoms with van der Waals surface area (Å²) in [4.78, 5) is 14.4. The van der Waals surface area contributed by atoms with E-state index < -0.39 is 0 Å². The topological polar surface area (TPSA) is 50.8 Å². The average molecular weight is 340 g/mol. The molecule has 2 aromatic carbocycles. The number of rotatable bonds is 7. The number of benzene rings is 2. The van der Waals surface area contributed by atoms with Crippen molar-refractivity contribution < 1.29 is 14.3 Å². The van der Waals surface area contributed by atoms with Gasteiger partial charge in [0, 0.05) is 19.5 Å². The fourth-order valence-electron chi connectivity index (χ4n) is 3.04. The second kappa shape index (κ2) is 8.42. The van der Waals surface area contributed by atoms with Crippen LogP contribution in [0.1, 0.15) is 12.0 Å². The Morgan fingerprint density at radius 2 is 2.00 bits per heavy atom. The molecule has 3 rings (SSSR count). The van der Waals surface area contributed by atoms with Gasteiger partial charge >= 0.3 is 0 Å². The standard InChI is InChI=1S/C20H24N2O3/c1-24-18-8-4-2-6-16(18)10-11-20(23)21-12-13-22-14-15-25-19-9-5-3-7-17(19)22/h2-9H,10-15H2,1H3,(H,21,23). The molecule has 0 fully saturated rings. The second-order valence-electron chi connectivity index (χ2n) is 5.97. The van der Waals surface area contributed by atoms with E-state index in [2.05, 4.69) is 16.3 Å². The number of nitrogens with zero attached hydrogens (tertiary/aromatic N) is 1. The predicted molar refractivity (Wildman–Crippen MR) is 98.5 cm³/mol. The van der Waals surface area contributed by atoms with Gasteiger partial charge in [-0.1, -0.05) is 30.3 Å². The minimum atomic E-state index is 0.0625. The van der Waals surface area contributed by atoms with Crippen LogP contribution < -0.4 is 19.7 Å². The Balaban J connectivity index is 1.44. The highest BCUT2D eigenvalue weighted by atomic mass is 16.5. The largest absolute Gasteiger partial charge is 0.496 e. The van der Waals surface area contributed by atoms with Crippen LogP contribution in [0.25, 0.3) is 0 Å². The van der Waals surface area contributed by atoms with E-state index in [4.69, 9.17) is 9.47 Å². The van der Waals surface area contributed by atoms with Crippen molar-refractivity contribution in [1.29, 1.82) is 0 Å². The third kappa shape index (κ3) is 4.44. The molecule has 132 valence electrons. The van der Waals surface area contributed by atoms with Gasteiger partial charge in [0.05, 0.1) is 19.3 Å². The highest BCUT2D eigenvalue weighted by Gasteiger charge is 2.17. The Hall–Kier alpha value is -2.69. The molecule has 0 bridgehead atoms. The van der Waals surface area contributed by atoms with Crippen molar-refractivity contribution in [1.82, 2.24) is 5.32 Å². The fraction of sp³-hybridized carbons (Fsp3) is 0.350. The van der Waals surface area contributed by atoms with Crippen molar-refractivity contribution in [3.8, 4) is 11.5 Å². The maximum Gasteiger partial charge on any atom is 0.220 e. The summed E-state index contributed by atoms with van der Waals surface area (Å²) in [6.45, 7) is 2.92. The van der Waals surface area contributed by atoms with E-state index in [9.17, 15) is 4.79 Å². The lowest BCUT2D eigenvalue weighted by molar-refractivity contribution is -0.120. The molecule has 5 nitrogen and oxygen atoms in total. The Bertz CT molecular complexity index is 718. The summed E-state index contributed by atoms with van der Waals surface area (Å²) in [6.07, 6.45) is 1.14. The molecule has 0 aliphatic carbocycles. The van der Waals surface area contributed by atoms with Crippen LogP contribution in [0.2, 0.25) is 0 Å². The molecule has 0 atom stereocenters. The predicted octanol–water partition coefficient (Wildman–Crippen LogP) is 2.64. The quantitative estimate of drug-likeness (QED) is 0.842. The third-order valence-electron chi connectivity index (χ3n) is 4.34. The first-order chi connectivity index (χ1) is 12.3. The summed E-state index contributed by atoms with van der Waals surface area (Å²) in [5, 5.41) is 3.01. The molecule has 0 radical (unpaired) electrons. The molecule has 1 amide bonds. The maximum atomic E-state index is 12.1. The monoisotopic (exact) mass is 340 g/mol. The number of amides is 1. The molecule has 0 aromatic heterocycles. The number of methoxy groups -OCH3 is 1. The Morgan fingerprint density at radius 3 is 2.88 bits per heavy atom. The molecule has 2 aromatic rings. The van der Waals surface area contributed by atoms with Crippen molar-refractivity contribution in [2.24, 2.45) is 0 Å². The van der Waals surface area contributed by atoms with Crippen LogP contribution in [0.5, 0.6) is 11.5 Å². The van der Waals surface area contributed by atoms with Gasteiger partial charge in [0.2, 0.25) is 5.91 Å². The summed E-state index contributed by atoms with van der Waals surface area (Å²) in [7, 11) is 1.65. The number of carbonyl (C=O) groups excluding carboxylic acids is 1. The van der Waals surface area contributed by atoms with E-state index >= 15 is 0 Å². The van der Waals surface area contributed by atoms with Crippen molar-refractivity contribution in [2.75, 3.05) is 38.3 Å². The summed E-state index contributed by atoms with van der Waals surface area (Å²) in [5.74, 6) is 1.81. The molecule has 0 unspecified atom stereocenters. The number of carbonyl (C=O) groups is 1. The van der Waals surface area contributed by atoms with Crippen molar-refractivity contribution >= 4 is 11.6 Å². The van der Waals surface area contributed by atoms with E-state index in [1.807, 2.05) is 42.5 Å². The fourth-order valence-corrected chi connectivity index (χ4v) is 3.04. The van der Waals surface area contributed by atoms with Gasteiger partial charge in [0.25, 0.3) is 0 Å². The van der Waals surface area contributed by atoms with Gasteiger partial charge in [-0.15, -0.1) is 0 Å². The molecule has 5 heteroatoms. The van der Waals surface area contributed by atoms with Gasteiger partial charge in [0.15, 0.2) is 0 Å². The summed E-state index contributed by atoms with van der Waals surface area (Å²) in [6, 6.07) is 15.8. The number of hydrogen-bond acceptors (Lipinski definition) is 4. The van der Waals surface area contributed by atoms with E-state index in [0.717, 1.165) is 35.8 Å². The zero-order valence-corrected chi connectivity index (χ0v) is 14.5. The second-order valence-corrected chi connectivity index (χ2v) is 5.97. The molecule has 0 saturated carbocycles. The van der Waals surface area contributed by atoms with E-state index in [-0.39, 0.29) is 5.91 Å². The van der Waals surface area contributed by atoms with Crippen LogP contribution in [0.3, 0.4) is 0 Å². The summed E-state index contributed by atoms with van der Waals surface area (Å²) >= 11 is 0. The number of hydrogen-bond donors (Lipinski definition) is 1. The number of nitrogens with one attached hydrogen (secondary N) is 1. The van der Waals surface area contributed by atoms with Crippen LogP contribution in [0, 0.1) is 0 Å². The third-order valence-corrected chi connectivity index (χ3v) is 4.34. The molecule has 1 N–H and O–H groups in total. The zero-order chi connectivity index (χ0) is 17.5. The molecule has 1 aliphatic rings. The van der Waals surface area contributed by atoms with Gasteiger partial charge in [-0.2, -0.15) is 0 Å². The Kier molecular flexibility index (Phi) is 5.77. The van der Waals surface area contributed by atoms with Crippen LogP contribution in [-0.2, 0) is 11.2 Å². The zero-order valence-electron chi connectivity index (χ0n) is 14.5. The molecule has 1 heterocycles. The number of aryl methyl sites for hydroxylation is 1. The van der Waals surface area contributed by atoms with Crippen LogP contribution >= 0.6 is 0 Å². The number of ether oxygens (including phenoxy) is 2. The lowest BCUT2D eigenvalue weighted by Gasteiger charge is -2.31.